The number of hydrogen-bond donors (Lipinski definition) is 1. The zero-order valence-electron chi connectivity index (χ0n) is 9.96. The zero-order valence-corrected chi connectivity index (χ0v) is 9.96. The second-order valence-electron chi connectivity index (χ2n) is 5.10. The summed E-state index contributed by atoms with van der Waals surface area (Å²) < 4.78 is 13.8. The molecule has 1 aliphatic heterocycles. The number of halogens is 1. The van der Waals surface area contributed by atoms with Gasteiger partial charge in [0.05, 0.1) is 5.69 Å². The Balaban J connectivity index is 2.14. The van der Waals surface area contributed by atoms with Crippen molar-refractivity contribution in [2.24, 2.45) is 5.73 Å². The van der Waals surface area contributed by atoms with Gasteiger partial charge in [-0.15, -0.1) is 0 Å². The van der Waals surface area contributed by atoms with E-state index >= 15 is 0 Å². The molecule has 0 amide bonds. The Kier molecular flexibility index (Phi) is 2.89. The lowest BCUT2D eigenvalue weighted by Gasteiger charge is -2.38. The first-order valence-electron chi connectivity index (χ1n) is 5.78. The fourth-order valence-electron chi connectivity index (χ4n) is 2.13. The van der Waals surface area contributed by atoms with E-state index in [1.807, 2.05) is 19.1 Å². The molecule has 88 valence electrons. The van der Waals surface area contributed by atoms with Gasteiger partial charge in [-0.3, -0.25) is 0 Å². The lowest BCUT2D eigenvalue weighted by Crippen LogP contribution is -2.48. The van der Waals surface area contributed by atoms with Crippen LogP contribution in [0.25, 0.3) is 0 Å². The van der Waals surface area contributed by atoms with Crippen molar-refractivity contribution in [1.82, 2.24) is 0 Å². The first-order chi connectivity index (χ1) is 7.48. The van der Waals surface area contributed by atoms with E-state index in [1.165, 1.54) is 0 Å². The van der Waals surface area contributed by atoms with Crippen LogP contribution in [-0.2, 0) is 0 Å². The van der Waals surface area contributed by atoms with E-state index in [1.54, 1.807) is 6.07 Å². The van der Waals surface area contributed by atoms with Crippen LogP contribution in [-0.4, -0.2) is 18.6 Å². The molecule has 0 bridgehead atoms. The van der Waals surface area contributed by atoms with Crippen molar-refractivity contribution in [3.05, 3.63) is 29.6 Å². The molecule has 3 heteroatoms. The molecule has 1 aliphatic rings. The van der Waals surface area contributed by atoms with E-state index in [9.17, 15) is 4.39 Å². The van der Waals surface area contributed by atoms with E-state index in [-0.39, 0.29) is 11.4 Å². The van der Waals surface area contributed by atoms with Gasteiger partial charge >= 0.3 is 0 Å². The molecule has 0 atom stereocenters. The summed E-state index contributed by atoms with van der Waals surface area (Å²) in [5.74, 6) is -0.124. The van der Waals surface area contributed by atoms with Crippen LogP contribution < -0.4 is 10.6 Å². The van der Waals surface area contributed by atoms with Gasteiger partial charge in [-0.1, -0.05) is 6.07 Å². The van der Waals surface area contributed by atoms with Crippen molar-refractivity contribution >= 4 is 5.69 Å². The highest BCUT2D eigenvalue weighted by atomic mass is 19.1. The maximum atomic E-state index is 13.8. The first kappa shape index (κ1) is 11.4. The molecule has 2 rings (SSSR count). The van der Waals surface area contributed by atoms with Crippen molar-refractivity contribution in [2.45, 2.75) is 32.2 Å². The van der Waals surface area contributed by atoms with E-state index in [4.69, 9.17) is 5.73 Å². The summed E-state index contributed by atoms with van der Waals surface area (Å²) in [5, 5.41) is 0. The van der Waals surface area contributed by atoms with Crippen LogP contribution in [0.3, 0.4) is 0 Å². The number of nitrogens with two attached hydrogens (primary N) is 1. The van der Waals surface area contributed by atoms with Gasteiger partial charge in [-0.05, 0) is 44.4 Å². The molecule has 2 N–H and O–H groups in total. The van der Waals surface area contributed by atoms with Gasteiger partial charge in [0.1, 0.15) is 5.82 Å². The quantitative estimate of drug-likeness (QED) is 0.791. The predicted octanol–water partition coefficient (Wildman–Crippen LogP) is 2.45. The minimum Gasteiger partial charge on any atom is -0.369 e. The minimum absolute atomic E-state index is 0.0856. The summed E-state index contributed by atoms with van der Waals surface area (Å²) >= 11 is 0. The Labute approximate surface area is 96.2 Å². The summed E-state index contributed by atoms with van der Waals surface area (Å²) in [5.41, 5.74) is 7.64. The van der Waals surface area contributed by atoms with Gasteiger partial charge in [0.15, 0.2) is 0 Å². The van der Waals surface area contributed by atoms with Crippen LogP contribution in [0.5, 0.6) is 0 Å². The van der Waals surface area contributed by atoms with Crippen molar-refractivity contribution in [3.8, 4) is 0 Å². The predicted molar refractivity (Wildman–Crippen MR) is 65.2 cm³/mol. The van der Waals surface area contributed by atoms with E-state index < -0.39 is 0 Å². The molecule has 1 heterocycles. The van der Waals surface area contributed by atoms with Crippen LogP contribution in [0.4, 0.5) is 10.1 Å². The molecule has 0 saturated carbocycles. The van der Waals surface area contributed by atoms with Crippen molar-refractivity contribution < 1.29 is 4.39 Å². The van der Waals surface area contributed by atoms with Crippen LogP contribution in [0.1, 0.15) is 25.3 Å². The number of benzene rings is 1. The monoisotopic (exact) mass is 222 g/mol. The molecule has 0 spiro atoms. The third-order valence-electron chi connectivity index (χ3n) is 3.35. The smallest absolute Gasteiger partial charge is 0.146 e. The number of hydrogen-bond acceptors (Lipinski definition) is 2. The standard InChI is InChI=1S/C13H19FN2/c1-10-3-4-12(11(14)9-10)16-7-5-13(2,15)6-8-16/h3-4,9H,5-8,15H2,1-2H3. The topological polar surface area (TPSA) is 29.3 Å². The third kappa shape index (κ3) is 2.35. The normalized spacial score (nSPS) is 19.9. The molecule has 0 aromatic heterocycles. The number of anilines is 1. The van der Waals surface area contributed by atoms with Crippen LogP contribution in [0.15, 0.2) is 18.2 Å². The van der Waals surface area contributed by atoms with Crippen molar-refractivity contribution in [2.75, 3.05) is 18.0 Å². The van der Waals surface area contributed by atoms with Crippen LogP contribution in [0.2, 0.25) is 0 Å². The largest absolute Gasteiger partial charge is 0.369 e. The average molecular weight is 222 g/mol. The Hall–Kier alpha value is -1.09. The van der Waals surface area contributed by atoms with Crippen LogP contribution in [0, 0.1) is 12.7 Å². The van der Waals surface area contributed by atoms with Gasteiger partial charge in [-0.2, -0.15) is 0 Å². The summed E-state index contributed by atoms with van der Waals surface area (Å²) in [6, 6.07) is 5.41. The Morgan fingerprint density at radius 1 is 1.31 bits per heavy atom. The molecule has 16 heavy (non-hydrogen) atoms. The highest BCUT2D eigenvalue weighted by Gasteiger charge is 2.26. The molecule has 1 aromatic carbocycles. The van der Waals surface area contributed by atoms with Gasteiger partial charge < -0.3 is 10.6 Å². The molecule has 0 aliphatic carbocycles. The number of rotatable bonds is 1. The molecule has 2 nitrogen and oxygen atoms in total. The minimum atomic E-state index is -0.124. The summed E-state index contributed by atoms with van der Waals surface area (Å²) in [6.45, 7) is 5.65. The van der Waals surface area contributed by atoms with Gasteiger partial charge in [0.25, 0.3) is 0 Å². The zero-order chi connectivity index (χ0) is 11.8. The first-order valence-corrected chi connectivity index (χ1v) is 5.78. The highest BCUT2D eigenvalue weighted by Crippen LogP contribution is 2.26. The second kappa shape index (κ2) is 4.06. The van der Waals surface area contributed by atoms with Gasteiger partial charge in [0.2, 0.25) is 0 Å². The van der Waals surface area contributed by atoms with E-state index in [0.717, 1.165) is 31.5 Å². The number of aryl methyl sites for hydroxylation is 1. The molecular formula is C13H19FN2. The average Bonchev–Trinajstić information content (AvgIpc) is 2.19. The third-order valence-corrected chi connectivity index (χ3v) is 3.35. The Morgan fingerprint density at radius 3 is 2.50 bits per heavy atom. The van der Waals surface area contributed by atoms with Crippen molar-refractivity contribution in [1.29, 1.82) is 0 Å². The van der Waals surface area contributed by atoms with E-state index in [0.29, 0.717) is 5.69 Å². The number of nitrogens with zero attached hydrogens (tertiary/aromatic N) is 1. The Morgan fingerprint density at radius 2 is 1.94 bits per heavy atom. The number of piperidine rings is 1. The maximum Gasteiger partial charge on any atom is 0.146 e. The Bertz CT molecular complexity index is 378. The lowest BCUT2D eigenvalue weighted by molar-refractivity contribution is 0.362. The van der Waals surface area contributed by atoms with E-state index in [2.05, 4.69) is 11.8 Å². The fourth-order valence-corrected chi connectivity index (χ4v) is 2.13. The summed E-state index contributed by atoms with van der Waals surface area (Å²) in [4.78, 5) is 2.09. The fraction of sp³-hybridized carbons (Fsp3) is 0.538. The summed E-state index contributed by atoms with van der Waals surface area (Å²) in [7, 11) is 0. The molecule has 0 unspecified atom stereocenters. The lowest BCUT2D eigenvalue weighted by atomic mass is 9.91. The molecular weight excluding hydrogens is 203 g/mol. The van der Waals surface area contributed by atoms with Crippen LogP contribution >= 0.6 is 0 Å². The molecule has 1 aromatic rings. The summed E-state index contributed by atoms with van der Waals surface area (Å²) in [6.07, 6.45) is 1.83. The maximum absolute atomic E-state index is 13.8. The molecule has 1 saturated heterocycles. The van der Waals surface area contributed by atoms with Gasteiger partial charge in [-0.25, -0.2) is 4.39 Å². The highest BCUT2D eigenvalue weighted by molar-refractivity contribution is 5.49. The molecule has 0 radical (unpaired) electrons. The second-order valence-corrected chi connectivity index (χ2v) is 5.10. The van der Waals surface area contributed by atoms with Gasteiger partial charge in [0, 0.05) is 18.6 Å². The SMILES string of the molecule is Cc1ccc(N2CCC(C)(N)CC2)c(F)c1. The van der Waals surface area contributed by atoms with Crippen molar-refractivity contribution in [3.63, 3.8) is 0 Å². The molecule has 1 fully saturated rings.